The lowest BCUT2D eigenvalue weighted by Crippen LogP contribution is -2.38. The van der Waals surface area contributed by atoms with Crippen LogP contribution in [0.4, 0.5) is 0 Å². The van der Waals surface area contributed by atoms with Crippen LogP contribution in [0.15, 0.2) is 28.5 Å². The fourth-order valence-corrected chi connectivity index (χ4v) is 3.08. The number of thiophene rings is 1. The van der Waals surface area contributed by atoms with E-state index in [9.17, 15) is 4.79 Å². The second kappa shape index (κ2) is 9.23. The SMILES string of the molecule is CCC(C)N(Cc1ccsc1)C(=O)CC1=CCNCC1.Cl. The zero-order valence-electron chi connectivity index (χ0n) is 12.8. The van der Waals surface area contributed by atoms with Gasteiger partial charge in [0.05, 0.1) is 0 Å². The molecule has 1 atom stereocenters. The predicted octanol–water partition coefficient (Wildman–Crippen LogP) is 3.61. The van der Waals surface area contributed by atoms with Gasteiger partial charge in [-0.1, -0.05) is 18.6 Å². The van der Waals surface area contributed by atoms with Gasteiger partial charge in [-0.3, -0.25) is 4.79 Å². The predicted molar refractivity (Wildman–Crippen MR) is 92.1 cm³/mol. The van der Waals surface area contributed by atoms with E-state index in [2.05, 4.69) is 42.1 Å². The summed E-state index contributed by atoms with van der Waals surface area (Å²) in [5.41, 5.74) is 2.52. The minimum Gasteiger partial charge on any atom is -0.335 e. The van der Waals surface area contributed by atoms with Crippen molar-refractivity contribution in [3.05, 3.63) is 34.0 Å². The van der Waals surface area contributed by atoms with Gasteiger partial charge >= 0.3 is 0 Å². The van der Waals surface area contributed by atoms with Crippen LogP contribution >= 0.6 is 23.7 Å². The number of carbonyl (C=O) groups excluding carboxylic acids is 1. The van der Waals surface area contributed by atoms with Crippen LogP contribution in [0.25, 0.3) is 0 Å². The number of carbonyl (C=O) groups is 1. The van der Waals surface area contributed by atoms with Crippen molar-refractivity contribution in [1.29, 1.82) is 0 Å². The normalized spacial score (nSPS) is 15.8. The van der Waals surface area contributed by atoms with E-state index in [4.69, 9.17) is 0 Å². The van der Waals surface area contributed by atoms with E-state index in [-0.39, 0.29) is 18.3 Å². The number of amides is 1. The molecule has 1 aliphatic heterocycles. The molecule has 1 N–H and O–H groups in total. The lowest BCUT2D eigenvalue weighted by Gasteiger charge is -2.29. The summed E-state index contributed by atoms with van der Waals surface area (Å²) in [4.78, 5) is 14.6. The van der Waals surface area contributed by atoms with Gasteiger partial charge in [0.15, 0.2) is 0 Å². The molecule has 2 heterocycles. The Bertz CT molecular complexity index is 459. The van der Waals surface area contributed by atoms with Crippen LogP contribution in [-0.4, -0.2) is 29.9 Å². The molecule has 2 rings (SSSR count). The Hall–Kier alpha value is -0.840. The molecule has 0 saturated heterocycles. The van der Waals surface area contributed by atoms with Gasteiger partial charge in [-0.2, -0.15) is 11.3 Å². The molecule has 0 saturated carbocycles. The third-order valence-corrected chi connectivity index (χ3v) is 4.64. The van der Waals surface area contributed by atoms with Crippen LogP contribution in [0.5, 0.6) is 0 Å². The monoisotopic (exact) mass is 328 g/mol. The van der Waals surface area contributed by atoms with E-state index in [1.807, 2.05) is 4.90 Å². The van der Waals surface area contributed by atoms with Crippen molar-refractivity contribution >= 4 is 29.7 Å². The van der Waals surface area contributed by atoms with Gasteiger partial charge in [0.2, 0.25) is 5.91 Å². The van der Waals surface area contributed by atoms with E-state index in [0.29, 0.717) is 12.5 Å². The molecule has 21 heavy (non-hydrogen) atoms. The maximum absolute atomic E-state index is 12.6. The van der Waals surface area contributed by atoms with E-state index < -0.39 is 0 Å². The Morgan fingerprint density at radius 2 is 2.33 bits per heavy atom. The van der Waals surface area contributed by atoms with Crippen molar-refractivity contribution in [2.75, 3.05) is 13.1 Å². The lowest BCUT2D eigenvalue weighted by molar-refractivity contribution is -0.133. The summed E-state index contributed by atoms with van der Waals surface area (Å²) in [5, 5.41) is 7.49. The van der Waals surface area contributed by atoms with Crippen molar-refractivity contribution in [3.8, 4) is 0 Å². The Morgan fingerprint density at radius 3 is 2.90 bits per heavy atom. The van der Waals surface area contributed by atoms with Gasteiger partial charge in [-0.05, 0) is 48.7 Å². The molecular formula is C16H25ClN2OS. The molecule has 1 aromatic heterocycles. The van der Waals surface area contributed by atoms with Gasteiger partial charge in [-0.15, -0.1) is 12.4 Å². The third kappa shape index (κ3) is 5.46. The van der Waals surface area contributed by atoms with Crippen LogP contribution in [0.3, 0.4) is 0 Å². The van der Waals surface area contributed by atoms with Crippen LogP contribution in [0.2, 0.25) is 0 Å². The maximum atomic E-state index is 12.6. The average molecular weight is 329 g/mol. The molecule has 1 aliphatic rings. The summed E-state index contributed by atoms with van der Waals surface area (Å²) in [6.07, 6.45) is 4.74. The minimum atomic E-state index is 0. The van der Waals surface area contributed by atoms with Crippen LogP contribution in [0.1, 0.15) is 38.7 Å². The molecular weight excluding hydrogens is 304 g/mol. The summed E-state index contributed by atoms with van der Waals surface area (Å²) in [7, 11) is 0. The van der Waals surface area contributed by atoms with Crippen molar-refractivity contribution in [2.45, 2.75) is 45.7 Å². The first-order valence-electron chi connectivity index (χ1n) is 7.40. The average Bonchev–Trinajstić information content (AvgIpc) is 2.98. The molecule has 0 aliphatic carbocycles. The van der Waals surface area contributed by atoms with Crippen LogP contribution in [-0.2, 0) is 11.3 Å². The molecule has 1 aromatic rings. The summed E-state index contributed by atoms with van der Waals surface area (Å²) in [6, 6.07) is 2.40. The smallest absolute Gasteiger partial charge is 0.227 e. The molecule has 1 amide bonds. The van der Waals surface area contributed by atoms with Gasteiger partial charge in [-0.25, -0.2) is 0 Å². The van der Waals surface area contributed by atoms with Crippen LogP contribution < -0.4 is 5.32 Å². The van der Waals surface area contributed by atoms with E-state index >= 15 is 0 Å². The van der Waals surface area contributed by atoms with E-state index in [1.165, 1.54) is 11.1 Å². The number of rotatable bonds is 6. The number of nitrogens with zero attached hydrogens (tertiary/aromatic N) is 1. The minimum absolute atomic E-state index is 0. The lowest BCUT2D eigenvalue weighted by atomic mass is 10.0. The fourth-order valence-electron chi connectivity index (χ4n) is 2.42. The molecule has 0 radical (unpaired) electrons. The molecule has 3 nitrogen and oxygen atoms in total. The van der Waals surface area contributed by atoms with Crippen molar-refractivity contribution in [1.82, 2.24) is 10.2 Å². The summed E-state index contributed by atoms with van der Waals surface area (Å²) in [5.74, 6) is 0.263. The first-order chi connectivity index (χ1) is 9.70. The molecule has 0 spiro atoms. The molecule has 0 fully saturated rings. The second-order valence-corrected chi connectivity index (χ2v) is 6.18. The van der Waals surface area contributed by atoms with Gasteiger partial charge in [0.25, 0.3) is 0 Å². The summed E-state index contributed by atoms with van der Waals surface area (Å²) < 4.78 is 0. The van der Waals surface area contributed by atoms with Crippen molar-refractivity contribution in [3.63, 3.8) is 0 Å². The van der Waals surface area contributed by atoms with E-state index in [0.717, 1.165) is 32.5 Å². The first-order valence-corrected chi connectivity index (χ1v) is 8.34. The van der Waals surface area contributed by atoms with Crippen molar-refractivity contribution in [2.24, 2.45) is 0 Å². The molecule has 0 bridgehead atoms. The number of hydrogen-bond donors (Lipinski definition) is 1. The topological polar surface area (TPSA) is 32.3 Å². The summed E-state index contributed by atoms with van der Waals surface area (Å²) >= 11 is 1.69. The zero-order chi connectivity index (χ0) is 14.4. The fraction of sp³-hybridized carbons (Fsp3) is 0.562. The molecule has 5 heteroatoms. The Morgan fingerprint density at radius 1 is 1.52 bits per heavy atom. The molecule has 1 unspecified atom stereocenters. The number of nitrogens with one attached hydrogen (secondary N) is 1. The maximum Gasteiger partial charge on any atom is 0.227 e. The highest BCUT2D eigenvalue weighted by molar-refractivity contribution is 7.07. The second-order valence-electron chi connectivity index (χ2n) is 5.40. The summed E-state index contributed by atoms with van der Waals surface area (Å²) in [6.45, 7) is 6.91. The molecule has 118 valence electrons. The van der Waals surface area contributed by atoms with Gasteiger partial charge in [0, 0.05) is 25.6 Å². The standard InChI is InChI=1S/C16H24N2OS.ClH/c1-3-13(2)18(11-15-6-9-20-12-15)16(19)10-14-4-7-17-8-5-14;/h4,6,9,12-13,17H,3,5,7-8,10-11H2,1-2H3;1H. The highest BCUT2D eigenvalue weighted by atomic mass is 35.5. The molecule has 0 aromatic carbocycles. The first kappa shape index (κ1) is 18.2. The van der Waals surface area contributed by atoms with Gasteiger partial charge < -0.3 is 10.2 Å². The Kier molecular flexibility index (Phi) is 8.01. The Balaban J connectivity index is 0.00000220. The van der Waals surface area contributed by atoms with Gasteiger partial charge in [0.1, 0.15) is 0 Å². The largest absolute Gasteiger partial charge is 0.335 e. The van der Waals surface area contributed by atoms with Crippen molar-refractivity contribution < 1.29 is 4.79 Å². The number of halogens is 1. The zero-order valence-corrected chi connectivity index (χ0v) is 14.4. The quantitative estimate of drug-likeness (QED) is 0.809. The highest BCUT2D eigenvalue weighted by Gasteiger charge is 2.20. The van der Waals surface area contributed by atoms with E-state index in [1.54, 1.807) is 11.3 Å². The van der Waals surface area contributed by atoms with Crippen LogP contribution in [0, 0.1) is 0 Å². The number of hydrogen-bond acceptors (Lipinski definition) is 3. The third-order valence-electron chi connectivity index (χ3n) is 3.91. The highest BCUT2D eigenvalue weighted by Crippen LogP contribution is 2.18. The Labute approximate surface area is 137 Å².